The van der Waals surface area contributed by atoms with Gasteiger partial charge in [-0.2, -0.15) is 0 Å². The number of furan rings is 1. The van der Waals surface area contributed by atoms with Crippen LogP contribution in [0.4, 0.5) is 0 Å². The smallest absolute Gasteiger partial charge is 0.160 e. The Morgan fingerprint density at radius 2 is 1.95 bits per heavy atom. The molecule has 1 saturated heterocycles. The van der Waals surface area contributed by atoms with Gasteiger partial charge in [0.1, 0.15) is 5.76 Å². The molecule has 0 unspecified atom stereocenters. The SMILES string of the molecule is CC(C)(C)Sc1ccc(CCCN2CCOCC2)o1. The summed E-state index contributed by atoms with van der Waals surface area (Å²) in [5.41, 5.74) is 0. The molecule has 0 radical (unpaired) electrons. The molecule has 108 valence electrons. The number of hydrogen-bond donors (Lipinski definition) is 0. The second-order valence-electron chi connectivity index (χ2n) is 5.99. The lowest BCUT2D eigenvalue weighted by Gasteiger charge is -2.26. The van der Waals surface area contributed by atoms with E-state index in [1.54, 1.807) is 11.8 Å². The number of morpholine rings is 1. The first-order chi connectivity index (χ1) is 9.03. The van der Waals surface area contributed by atoms with Crippen LogP contribution in [0.3, 0.4) is 0 Å². The van der Waals surface area contributed by atoms with Crippen molar-refractivity contribution in [3.63, 3.8) is 0 Å². The Balaban J connectivity index is 1.71. The molecular formula is C15H25NO2S. The van der Waals surface area contributed by atoms with Crippen LogP contribution in [0, 0.1) is 0 Å². The molecule has 0 amide bonds. The van der Waals surface area contributed by atoms with Crippen molar-refractivity contribution in [1.82, 2.24) is 4.90 Å². The zero-order valence-corrected chi connectivity index (χ0v) is 13.1. The molecule has 3 nitrogen and oxygen atoms in total. The van der Waals surface area contributed by atoms with Crippen LogP contribution in [0.15, 0.2) is 21.6 Å². The molecule has 1 aliphatic rings. The third-order valence-corrected chi connectivity index (χ3v) is 4.08. The predicted molar refractivity (Wildman–Crippen MR) is 79.9 cm³/mol. The van der Waals surface area contributed by atoms with Crippen molar-refractivity contribution >= 4 is 11.8 Å². The van der Waals surface area contributed by atoms with E-state index in [9.17, 15) is 0 Å². The van der Waals surface area contributed by atoms with Gasteiger partial charge in [-0.1, -0.05) is 32.5 Å². The molecule has 4 heteroatoms. The van der Waals surface area contributed by atoms with Crippen molar-refractivity contribution in [3.8, 4) is 0 Å². The Bertz CT molecular complexity index is 378. The van der Waals surface area contributed by atoms with Gasteiger partial charge in [-0.25, -0.2) is 0 Å². The average molecular weight is 283 g/mol. The number of aryl methyl sites for hydroxylation is 1. The fraction of sp³-hybridized carbons (Fsp3) is 0.733. The molecule has 0 N–H and O–H groups in total. The monoisotopic (exact) mass is 283 g/mol. The van der Waals surface area contributed by atoms with Gasteiger partial charge in [-0.05, 0) is 25.1 Å². The van der Waals surface area contributed by atoms with E-state index >= 15 is 0 Å². The topological polar surface area (TPSA) is 25.6 Å². The van der Waals surface area contributed by atoms with E-state index in [4.69, 9.17) is 9.15 Å². The molecular weight excluding hydrogens is 258 g/mol. The largest absolute Gasteiger partial charge is 0.455 e. The Morgan fingerprint density at radius 3 is 2.63 bits per heavy atom. The minimum atomic E-state index is 0.211. The molecule has 1 aromatic rings. The van der Waals surface area contributed by atoms with E-state index in [-0.39, 0.29) is 4.75 Å². The summed E-state index contributed by atoms with van der Waals surface area (Å²) in [6, 6.07) is 4.22. The fourth-order valence-electron chi connectivity index (χ4n) is 2.15. The predicted octanol–water partition coefficient (Wildman–Crippen LogP) is 3.44. The van der Waals surface area contributed by atoms with E-state index in [1.165, 1.54) is 0 Å². The van der Waals surface area contributed by atoms with Crippen LogP contribution in [-0.4, -0.2) is 42.5 Å². The summed E-state index contributed by atoms with van der Waals surface area (Å²) in [5, 5.41) is 1.04. The summed E-state index contributed by atoms with van der Waals surface area (Å²) < 4.78 is 11.4. The molecule has 1 fully saturated rings. The Kier molecular flexibility index (Phi) is 5.37. The maximum atomic E-state index is 5.87. The summed E-state index contributed by atoms with van der Waals surface area (Å²) >= 11 is 1.79. The molecule has 19 heavy (non-hydrogen) atoms. The first-order valence-corrected chi connectivity index (χ1v) is 7.92. The number of thioether (sulfide) groups is 1. The van der Waals surface area contributed by atoms with Gasteiger partial charge in [0, 0.05) is 24.3 Å². The van der Waals surface area contributed by atoms with Crippen LogP contribution in [0.2, 0.25) is 0 Å². The van der Waals surface area contributed by atoms with Crippen molar-refractivity contribution in [1.29, 1.82) is 0 Å². The first-order valence-electron chi connectivity index (χ1n) is 7.11. The molecule has 0 atom stereocenters. The molecule has 0 bridgehead atoms. The molecule has 0 aromatic carbocycles. The van der Waals surface area contributed by atoms with E-state index in [0.717, 1.165) is 56.5 Å². The van der Waals surface area contributed by atoms with Crippen molar-refractivity contribution < 1.29 is 9.15 Å². The first kappa shape index (κ1) is 14.9. The highest BCUT2D eigenvalue weighted by molar-refractivity contribution is 8.00. The lowest BCUT2D eigenvalue weighted by Crippen LogP contribution is -2.36. The Labute approximate surface area is 120 Å². The van der Waals surface area contributed by atoms with Crippen LogP contribution in [0.1, 0.15) is 33.0 Å². The van der Waals surface area contributed by atoms with Crippen molar-refractivity contribution in [2.75, 3.05) is 32.8 Å². The highest BCUT2D eigenvalue weighted by Gasteiger charge is 2.15. The Hall–Kier alpha value is -0.450. The van der Waals surface area contributed by atoms with E-state index in [1.807, 2.05) is 0 Å². The maximum absolute atomic E-state index is 5.87. The molecule has 0 spiro atoms. The zero-order valence-electron chi connectivity index (χ0n) is 12.3. The van der Waals surface area contributed by atoms with Gasteiger partial charge in [0.2, 0.25) is 0 Å². The summed E-state index contributed by atoms with van der Waals surface area (Å²) in [7, 11) is 0. The lowest BCUT2D eigenvalue weighted by atomic mass is 10.2. The average Bonchev–Trinajstić information content (AvgIpc) is 2.76. The minimum absolute atomic E-state index is 0.211. The van der Waals surface area contributed by atoms with Gasteiger partial charge >= 0.3 is 0 Å². The lowest BCUT2D eigenvalue weighted by molar-refractivity contribution is 0.0373. The summed E-state index contributed by atoms with van der Waals surface area (Å²) in [6.45, 7) is 11.7. The van der Waals surface area contributed by atoms with Crippen molar-refractivity contribution in [2.45, 2.75) is 43.5 Å². The van der Waals surface area contributed by atoms with Gasteiger partial charge in [0.05, 0.1) is 13.2 Å². The highest BCUT2D eigenvalue weighted by atomic mass is 32.2. The van der Waals surface area contributed by atoms with Gasteiger partial charge in [0.15, 0.2) is 5.09 Å². The third-order valence-electron chi connectivity index (χ3n) is 3.04. The van der Waals surface area contributed by atoms with Crippen LogP contribution < -0.4 is 0 Å². The van der Waals surface area contributed by atoms with Crippen LogP contribution in [0.5, 0.6) is 0 Å². The van der Waals surface area contributed by atoms with Crippen LogP contribution in [0.25, 0.3) is 0 Å². The second-order valence-corrected chi connectivity index (χ2v) is 7.82. The van der Waals surface area contributed by atoms with Crippen LogP contribution >= 0.6 is 11.8 Å². The Morgan fingerprint density at radius 1 is 1.21 bits per heavy atom. The second kappa shape index (κ2) is 6.82. The summed E-state index contributed by atoms with van der Waals surface area (Å²) in [5.74, 6) is 1.11. The number of ether oxygens (including phenoxy) is 1. The van der Waals surface area contributed by atoms with E-state index in [2.05, 4.69) is 37.8 Å². The standard InChI is InChI=1S/C15H25NO2S/c1-15(2,3)19-14-7-6-13(18-14)5-4-8-16-9-11-17-12-10-16/h6-7H,4-5,8-12H2,1-3H3. The number of hydrogen-bond acceptors (Lipinski definition) is 4. The van der Waals surface area contributed by atoms with Gasteiger partial charge < -0.3 is 9.15 Å². The molecule has 1 aromatic heterocycles. The van der Waals surface area contributed by atoms with Crippen molar-refractivity contribution in [2.24, 2.45) is 0 Å². The normalized spacial score (nSPS) is 17.8. The number of nitrogens with zero attached hydrogens (tertiary/aromatic N) is 1. The highest BCUT2D eigenvalue weighted by Crippen LogP contribution is 2.33. The van der Waals surface area contributed by atoms with Gasteiger partial charge in [-0.15, -0.1) is 0 Å². The van der Waals surface area contributed by atoms with Crippen molar-refractivity contribution in [3.05, 3.63) is 17.9 Å². The zero-order chi connectivity index (χ0) is 13.7. The molecule has 0 saturated carbocycles. The van der Waals surface area contributed by atoms with E-state index in [0.29, 0.717) is 0 Å². The van der Waals surface area contributed by atoms with Gasteiger partial charge in [0.25, 0.3) is 0 Å². The van der Waals surface area contributed by atoms with E-state index < -0.39 is 0 Å². The number of rotatable bonds is 5. The van der Waals surface area contributed by atoms with Crippen LogP contribution in [-0.2, 0) is 11.2 Å². The fourth-order valence-corrected chi connectivity index (χ4v) is 3.04. The molecule has 1 aliphatic heterocycles. The minimum Gasteiger partial charge on any atom is -0.455 e. The quantitative estimate of drug-likeness (QED) is 0.773. The molecule has 2 heterocycles. The van der Waals surface area contributed by atoms with Gasteiger partial charge in [-0.3, -0.25) is 4.90 Å². The summed E-state index contributed by atoms with van der Waals surface area (Å²) in [6.07, 6.45) is 2.19. The molecule has 0 aliphatic carbocycles. The molecule has 2 rings (SSSR count). The summed E-state index contributed by atoms with van der Waals surface area (Å²) in [4.78, 5) is 2.47. The maximum Gasteiger partial charge on any atom is 0.160 e. The third kappa shape index (κ3) is 5.59.